The summed E-state index contributed by atoms with van der Waals surface area (Å²) >= 11 is 0. The zero-order chi connectivity index (χ0) is 13.0. The Bertz CT molecular complexity index is 430. The lowest BCUT2D eigenvalue weighted by molar-refractivity contribution is 0.419. The molecule has 1 aromatic rings. The van der Waals surface area contributed by atoms with Gasteiger partial charge in [0.25, 0.3) is 0 Å². The van der Waals surface area contributed by atoms with Gasteiger partial charge in [0.1, 0.15) is 0 Å². The van der Waals surface area contributed by atoms with Crippen LogP contribution in [0.4, 0.5) is 5.69 Å². The maximum atomic E-state index is 4.07. The third-order valence-electron chi connectivity index (χ3n) is 3.61. The lowest BCUT2D eigenvalue weighted by Gasteiger charge is -2.32. The van der Waals surface area contributed by atoms with Crippen molar-refractivity contribution in [2.45, 2.75) is 39.2 Å². The lowest BCUT2D eigenvalue weighted by Crippen LogP contribution is -2.31. The molecule has 0 amide bonds. The van der Waals surface area contributed by atoms with Gasteiger partial charge in [-0.1, -0.05) is 35.4 Å². The second kappa shape index (κ2) is 5.90. The third-order valence-corrected chi connectivity index (χ3v) is 3.61. The Morgan fingerprint density at radius 3 is 2.72 bits per heavy atom. The van der Waals surface area contributed by atoms with Crippen LogP contribution in [0, 0.1) is 5.92 Å². The van der Waals surface area contributed by atoms with Gasteiger partial charge in [-0.2, -0.15) is 0 Å². The van der Waals surface area contributed by atoms with Crippen molar-refractivity contribution in [3.05, 3.63) is 54.1 Å². The predicted octanol–water partition coefficient (Wildman–Crippen LogP) is 4.79. The van der Waals surface area contributed by atoms with Gasteiger partial charge in [-0.3, -0.25) is 0 Å². The monoisotopic (exact) mass is 241 g/mol. The van der Waals surface area contributed by atoms with Gasteiger partial charge in [0.2, 0.25) is 0 Å². The van der Waals surface area contributed by atoms with Gasteiger partial charge in [0, 0.05) is 11.7 Å². The van der Waals surface area contributed by atoms with Crippen molar-refractivity contribution < 1.29 is 0 Å². The van der Waals surface area contributed by atoms with E-state index in [1.54, 1.807) is 0 Å². The van der Waals surface area contributed by atoms with E-state index < -0.39 is 0 Å². The normalized spacial score (nSPS) is 23.3. The summed E-state index contributed by atoms with van der Waals surface area (Å²) in [5, 5.41) is 3.67. The number of rotatable bonds is 4. The van der Waals surface area contributed by atoms with Crippen molar-refractivity contribution in [3.63, 3.8) is 0 Å². The molecule has 1 aromatic carbocycles. The highest BCUT2D eigenvalue weighted by Crippen LogP contribution is 2.31. The average molecular weight is 241 g/mol. The molecule has 2 atom stereocenters. The molecule has 2 rings (SSSR count). The second-order valence-electron chi connectivity index (χ2n) is 5.53. The Labute approximate surface area is 111 Å². The van der Waals surface area contributed by atoms with E-state index in [9.17, 15) is 0 Å². The number of hydrogen-bond acceptors (Lipinski definition) is 1. The quantitative estimate of drug-likeness (QED) is 0.747. The van der Waals surface area contributed by atoms with Crippen LogP contribution in [-0.4, -0.2) is 6.04 Å². The summed E-state index contributed by atoms with van der Waals surface area (Å²) in [4.78, 5) is 0. The molecule has 0 fully saturated rings. The fourth-order valence-corrected chi connectivity index (χ4v) is 2.75. The molecule has 0 spiro atoms. The number of allylic oxidation sites excluding steroid dienone is 2. The number of anilines is 1. The zero-order valence-electron chi connectivity index (χ0n) is 11.4. The van der Waals surface area contributed by atoms with Gasteiger partial charge in [0.05, 0.1) is 0 Å². The van der Waals surface area contributed by atoms with Crippen LogP contribution in [0.5, 0.6) is 0 Å². The van der Waals surface area contributed by atoms with Crippen molar-refractivity contribution in [3.8, 4) is 0 Å². The SMILES string of the molecule is C=C(C)C[C@H]1CC(C)=CCC1Nc1ccccc1. The first-order valence-corrected chi connectivity index (χ1v) is 6.77. The van der Waals surface area contributed by atoms with E-state index in [1.807, 2.05) is 0 Å². The van der Waals surface area contributed by atoms with Crippen LogP contribution < -0.4 is 5.32 Å². The highest BCUT2D eigenvalue weighted by atomic mass is 14.9. The Morgan fingerprint density at radius 2 is 2.06 bits per heavy atom. The number of benzene rings is 1. The molecular formula is C17H23N. The van der Waals surface area contributed by atoms with Crippen LogP contribution in [0.1, 0.15) is 33.1 Å². The van der Waals surface area contributed by atoms with E-state index in [4.69, 9.17) is 0 Å². The van der Waals surface area contributed by atoms with E-state index in [-0.39, 0.29) is 0 Å². The van der Waals surface area contributed by atoms with Gasteiger partial charge in [-0.05, 0) is 51.2 Å². The summed E-state index contributed by atoms with van der Waals surface area (Å²) in [6, 6.07) is 11.0. The molecule has 18 heavy (non-hydrogen) atoms. The maximum Gasteiger partial charge on any atom is 0.0342 e. The Hall–Kier alpha value is -1.50. The van der Waals surface area contributed by atoms with E-state index >= 15 is 0 Å². The first-order valence-electron chi connectivity index (χ1n) is 6.77. The number of hydrogen-bond donors (Lipinski definition) is 1. The smallest absolute Gasteiger partial charge is 0.0342 e. The minimum atomic E-state index is 0.535. The number of nitrogens with one attached hydrogen (secondary N) is 1. The topological polar surface area (TPSA) is 12.0 Å². The summed E-state index contributed by atoms with van der Waals surface area (Å²) in [5.74, 6) is 0.674. The highest BCUT2D eigenvalue weighted by Gasteiger charge is 2.24. The maximum absolute atomic E-state index is 4.07. The van der Waals surface area contributed by atoms with Gasteiger partial charge < -0.3 is 5.32 Å². The molecule has 1 aliphatic rings. The third kappa shape index (κ3) is 3.49. The molecule has 0 heterocycles. The molecular weight excluding hydrogens is 218 g/mol. The summed E-state index contributed by atoms with van der Waals surface area (Å²) in [7, 11) is 0. The largest absolute Gasteiger partial charge is 0.382 e. The fourth-order valence-electron chi connectivity index (χ4n) is 2.75. The standard InChI is InChI=1S/C17H23N/c1-13(2)11-15-12-14(3)9-10-17(15)18-16-7-5-4-6-8-16/h4-9,15,17-18H,1,10-12H2,2-3H3/t15-,17?/m0/s1. The Kier molecular flexibility index (Phi) is 4.24. The molecule has 1 nitrogen and oxygen atoms in total. The summed E-state index contributed by atoms with van der Waals surface area (Å²) in [6.07, 6.45) is 5.81. The molecule has 0 saturated heterocycles. The second-order valence-corrected chi connectivity index (χ2v) is 5.53. The van der Waals surface area contributed by atoms with Crippen molar-refractivity contribution in [2.75, 3.05) is 5.32 Å². The van der Waals surface area contributed by atoms with Crippen LogP contribution in [0.25, 0.3) is 0 Å². The van der Waals surface area contributed by atoms with Crippen molar-refractivity contribution in [1.29, 1.82) is 0 Å². The van der Waals surface area contributed by atoms with Gasteiger partial charge in [-0.25, -0.2) is 0 Å². The van der Waals surface area contributed by atoms with E-state index in [2.05, 4.69) is 62.2 Å². The molecule has 96 valence electrons. The first-order chi connectivity index (χ1) is 8.65. The summed E-state index contributed by atoms with van der Waals surface area (Å²) < 4.78 is 0. The van der Waals surface area contributed by atoms with Gasteiger partial charge >= 0.3 is 0 Å². The summed E-state index contributed by atoms with van der Waals surface area (Å²) in [5.41, 5.74) is 4.03. The van der Waals surface area contributed by atoms with Gasteiger partial charge in [0.15, 0.2) is 0 Å². The minimum absolute atomic E-state index is 0.535. The van der Waals surface area contributed by atoms with E-state index in [1.165, 1.54) is 23.3 Å². The predicted molar refractivity (Wildman–Crippen MR) is 79.8 cm³/mol. The first kappa shape index (κ1) is 12.9. The van der Waals surface area contributed by atoms with E-state index in [0.717, 1.165) is 12.8 Å². The van der Waals surface area contributed by atoms with Crippen LogP contribution in [-0.2, 0) is 0 Å². The average Bonchev–Trinajstić information content (AvgIpc) is 2.33. The Balaban J connectivity index is 2.07. The van der Waals surface area contributed by atoms with Crippen LogP contribution in [0.15, 0.2) is 54.1 Å². The Morgan fingerprint density at radius 1 is 1.33 bits per heavy atom. The van der Waals surface area contributed by atoms with Crippen LogP contribution in [0.2, 0.25) is 0 Å². The summed E-state index contributed by atoms with van der Waals surface area (Å²) in [6.45, 7) is 8.44. The molecule has 0 bridgehead atoms. The highest BCUT2D eigenvalue weighted by molar-refractivity contribution is 5.44. The van der Waals surface area contributed by atoms with Crippen molar-refractivity contribution >= 4 is 5.69 Å². The van der Waals surface area contributed by atoms with Gasteiger partial charge in [-0.15, -0.1) is 6.58 Å². The minimum Gasteiger partial charge on any atom is -0.382 e. The molecule has 1 aliphatic carbocycles. The van der Waals surface area contributed by atoms with Crippen LogP contribution in [0.3, 0.4) is 0 Å². The van der Waals surface area contributed by atoms with E-state index in [0.29, 0.717) is 12.0 Å². The van der Waals surface area contributed by atoms with Crippen molar-refractivity contribution in [1.82, 2.24) is 0 Å². The molecule has 0 radical (unpaired) electrons. The molecule has 0 aromatic heterocycles. The fraction of sp³-hybridized carbons (Fsp3) is 0.412. The number of para-hydroxylation sites is 1. The lowest BCUT2D eigenvalue weighted by atomic mass is 9.81. The zero-order valence-corrected chi connectivity index (χ0v) is 11.4. The molecule has 0 aliphatic heterocycles. The molecule has 0 saturated carbocycles. The van der Waals surface area contributed by atoms with Crippen LogP contribution >= 0.6 is 0 Å². The molecule has 1 N–H and O–H groups in total. The van der Waals surface area contributed by atoms with Crippen molar-refractivity contribution in [2.24, 2.45) is 5.92 Å². The molecule has 1 unspecified atom stereocenters. The molecule has 1 heteroatoms.